The Hall–Kier alpha value is -3.18. The minimum Gasteiger partial charge on any atom is -0.352 e. The summed E-state index contributed by atoms with van der Waals surface area (Å²) in [5.74, 6) is -0.762. The second-order valence-corrected chi connectivity index (χ2v) is 9.91. The van der Waals surface area contributed by atoms with E-state index in [2.05, 4.69) is 20.1 Å². The molecular formula is C21H22ClFN6O3S. The molecule has 0 spiro atoms. The van der Waals surface area contributed by atoms with Gasteiger partial charge in [-0.3, -0.25) is 19.1 Å². The van der Waals surface area contributed by atoms with E-state index >= 15 is 0 Å². The summed E-state index contributed by atoms with van der Waals surface area (Å²) in [6.45, 7) is 2.28. The molecule has 2 heterocycles. The molecule has 1 aliphatic heterocycles. The summed E-state index contributed by atoms with van der Waals surface area (Å²) in [5.41, 5.74) is 0.566. The van der Waals surface area contributed by atoms with Crippen LogP contribution in [-0.4, -0.2) is 48.5 Å². The van der Waals surface area contributed by atoms with Gasteiger partial charge in [0.25, 0.3) is 5.56 Å². The molecular weight excluding hydrogens is 471 g/mol. The van der Waals surface area contributed by atoms with E-state index in [1.807, 2.05) is 7.05 Å². The molecule has 0 radical (unpaired) electrons. The summed E-state index contributed by atoms with van der Waals surface area (Å²) in [4.78, 5) is 17.4. The Kier molecular flexibility index (Phi) is 6.26. The van der Waals surface area contributed by atoms with Crippen LogP contribution in [0, 0.1) is 5.82 Å². The van der Waals surface area contributed by atoms with Crippen molar-refractivity contribution in [3.05, 3.63) is 57.9 Å². The summed E-state index contributed by atoms with van der Waals surface area (Å²) >= 11 is 6.32. The standard InChI is InChI=1S/C21H22ClFN6O3S/c1-3-8-33(31,32)27-18-7-5-16(23)20(19(18)22)26-13-4-6-17-15(9-13)21(30)29(12-24-17)14-10-25-28(2)11-14/h4-7,9-10,12,14,26-27H,3,8,11H2,1-2H3. The highest BCUT2D eigenvalue weighted by Gasteiger charge is 2.20. The smallest absolute Gasteiger partial charge is 0.261 e. The Labute approximate surface area is 194 Å². The first-order chi connectivity index (χ1) is 15.7. The molecule has 1 unspecified atom stereocenters. The minimum atomic E-state index is -3.61. The Bertz CT molecular complexity index is 1410. The number of aromatic nitrogens is 2. The molecule has 3 aromatic rings. The lowest BCUT2D eigenvalue weighted by molar-refractivity contribution is 0.356. The van der Waals surface area contributed by atoms with Crippen molar-refractivity contribution in [2.75, 3.05) is 29.4 Å². The van der Waals surface area contributed by atoms with Gasteiger partial charge in [-0.1, -0.05) is 18.5 Å². The molecule has 174 valence electrons. The van der Waals surface area contributed by atoms with Gasteiger partial charge in [-0.2, -0.15) is 5.10 Å². The monoisotopic (exact) mass is 492 g/mol. The van der Waals surface area contributed by atoms with E-state index in [1.54, 1.807) is 36.3 Å². The van der Waals surface area contributed by atoms with Crippen LogP contribution in [0.25, 0.3) is 10.9 Å². The number of halogens is 2. The quantitative estimate of drug-likeness (QED) is 0.522. The summed E-state index contributed by atoms with van der Waals surface area (Å²) < 4.78 is 42.7. The van der Waals surface area contributed by atoms with Crippen LogP contribution in [0.1, 0.15) is 19.4 Å². The Balaban J connectivity index is 1.69. The maximum absolute atomic E-state index is 14.6. The van der Waals surface area contributed by atoms with Crippen molar-refractivity contribution in [1.82, 2.24) is 14.6 Å². The first kappa shape index (κ1) is 23.0. The minimum absolute atomic E-state index is 0.0588. The van der Waals surface area contributed by atoms with E-state index in [-0.39, 0.29) is 33.8 Å². The summed E-state index contributed by atoms with van der Waals surface area (Å²) in [7, 11) is -1.80. The average Bonchev–Trinajstić information content (AvgIpc) is 3.19. The molecule has 0 aliphatic carbocycles. The van der Waals surface area contributed by atoms with Crippen LogP contribution in [0.15, 0.2) is 46.6 Å². The van der Waals surface area contributed by atoms with Crippen LogP contribution < -0.4 is 15.6 Å². The Morgan fingerprint density at radius 2 is 2.06 bits per heavy atom. The van der Waals surface area contributed by atoms with Crippen molar-refractivity contribution in [3.63, 3.8) is 0 Å². The second-order valence-electron chi connectivity index (χ2n) is 7.69. The van der Waals surface area contributed by atoms with Gasteiger partial charge in [0, 0.05) is 18.9 Å². The van der Waals surface area contributed by atoms with Crippen LogP contribution in [0.5, 0.6) is 0 Å². The molecule has 0 saturated carbocycles. The third-order valence-corrected chi connectivity index (χ3v) is 7.00. The predicted octanol–water partition coefficient (Wildman–Crippen LogP) is 3.56. The molecule has 0 saturated heterocycles. The Morgan fingerprint density at radius 3 is 2.76 bits per heavy atom. The topological polar surface area (TPSA) is 109 Å². The second kappa shape index (κ2) is 8.99. The number of hydrogen-bond acceptors (Lipinski definition) is 7. The maximum Gasteiger partial charge on any atom is 0.261 e. The normalized spacial score (nSPS) is 15.9. The van der Waals surface area contributed by atoms with Gasteiger partial charge in [0.1, 0.15) is 5.82 Å². The molecule has 0 fully saturated rings. The van der Waals surface area contributed by atoms with Crippen molar-refractivity contribution < 1.29 is 12.8 Å². The van der Waals surface area contributed by atoms with E-state index in [4.69, 9.17) is 11.6 Å². The molecule has 33 heavy (non-hydrogen) atoms. The van der Waals surface area contributed by atoms with Crippen LogP contribution in [0.2, 0.25) is 5.02 Å². The first-order valence-electron chi connectivity index (χ1n) is 10.2. The van der Waals surface area contributed by atoms with Gasteiger partial charge in [-0.25, -0.2) is 17.8 Å². The summed E-state index contributed by atoms with van der Waals surface area (Å²) in [6.07, 6.45) is 3.58. The van der Waals surface area contributed by atoms with Crippen molar-refractivity contribution >= 4 is 55.8 Å². The molecule has 9 nitrogen and oxygen atoms in total. The largest absolute Gasteiger partial charge is 0.352 e. The molecule has 1 atom stereocenters. The number of sulfonamides is 1. The predicted molar refractivity (Wildman–Crippen MR) is 129 cm³/mol. The first-order valence-corrected chi connectivity index (χ1v) is 12.2. The number of likely N-dealkylation sites (N-methyl/N-ethyl adjacent to an activating group) is 1. The lowest BCUT2D eigenvalue weighted by atomic mass is 10.2. The van der Waals surface area contributed by atoms with E-state index in [1.165, 1.54) is 17.0 Å². The van der Waals surface area contributed by atoms with Gasteiger partial charge in [-0.15, -0.1) is 0 Å². The lowest BCUT2D eigenvalue weighted by Gasteiger charge is -2.16. The molecule has 2 N–H and O–H groups in total. The molecule has 1 aromatic heterocycles. The number of rotatable bonds is 7. The highest BCUT2D eigenvalue weighted by atomic mass is 35.5. The summed E-state index contributed by atoms with van der Waals surface area (Å²) in [6, 6.07) is 6.96. The number of hydrogen-bond donors (Lipinski definition) is 2. The molecule has 2 aromatic carbocycles. The number of anilines is 3. The van der Waals surface area contributed by atoms with E-state index in [0.29, 0.717) is 29.6 Å². The number of benzene rings is 2. The third kappa shape index (κ3) is 4.79. The zero-order valence-electron chi connectivity index (χ0n) is 17.9. The van der Waals surface area contributed by atoms with Crippen molar-refractivity contribution in [2.24, 2.45) is 5.10 Å². The molecule has 0 amide bonds. The fourth-order valence-corrected chi connectivity index (χ4v) is 4.99. The number of hydrazone groups is 1. The highest BCUT2D eigenvalue weighted by molar-refractivity contribution is 7.92. The van der Waals surface area contributed by atoms with Crippen molar-refractivity contribution in [3.8, 4) is 0 Å². The fourth-order valence-electron chi connectivity index (χ4n) is 3.54. The Morgan fingerprint density at radius 1 is 1.27 bits per heavy atom. The van der Waals surface area contributed by atoms with E-state index in [0.717, 1.165) is 6.07 Å². The SMILES string of the molecule is CCCS(=O)(=O)Nc1ccc(F)c(Nc2ccc3ncn(C4C=NN(C)C4)c(=O)c3c2)c1Cl. The number of fused-ring (bicyclic) bond motifs is 1. The lowest BCUT2D eigenvalue weighted by Crippen LogP contribution is -2.28. The zero-order valence-corrected chi connectivity index (χ0v) is 19.5. The molecule has 4 rings (SSSR count). The van der Waals surface area contributed by atoms with Gasteiger partial charge in [-0.05, 0) is 36.8 Å². The highest BCUT2D eigenvalue weighted by Crippen LogP contribution is 2.35. The van der Waals surface area contributed by atoms with Gasteiger partial charge < -0.3 is 5.32 Å². The van der Waals surface area contributed by atoms with Crippen LogP contribution in [0.4, 0.5) is 21.5 Å². The van der Waals surface area contributed by atoms with Crippen molar-refractivity contribution in [2.45, 2.75) is 19.4 Å². The van der Waals surface area contributed by atoms with Crippen LogP contribution >= 0.6 is 11.6 Å². The van der Waals surface area contributed by atoms with Gasteiger partial charge in [0.05, 0.1) is 52.0 Å². The van der Waals surface area contributed by atoms with Gasteiger partial charge in [0.15, 0.2) is 0 Å². The molecule has 12 heteroatoms. The number of nitrogens with one attached hydrogen (secondary N) is 2. The van der Waals surface area contributed by atoms with Gasteiger partial charge >= 0.3 is 0 Å². The summed E-state index contributed by atoms with van der Waals surface area (Å²) in [5, 5.41) is 8.96. The zero-order chi connectivity index (χ0) is 23.8. The molecule has 0 bridgehead atoms. The van der Waals surface area contributed by atoms with Gasteiger partial charge in [0.2, 0.25) is 10.0 Å². The number of nitrogens with zero attached hydrogens (tertiary/aromatic N) is 4. The molecule has 1 aliphatic rings. The van der Waals surface area contributed by atoms with Crippen LogP contribution in [0.3, 0.4) is 0 Å². The maximum atomic E-state index is 14.6. The van der Waals surface area contributed by atoms with Crippen LogP contribution in [-0.2, 0) is 10.0 Å². The third-order valence-electron chi connectivity index (χ3n) is 5.13. The average molecular weight is 493 g/mol. The van der Waals surface area contributed by atoms with E-state index in [9.17, 15) is 17.6 Å². The van der Waals surface area contributed by atoms with Crippen molar-refractivity contribution in [1.29, 1.82) is 0 Å². The fraction of sp³-hybridized carbons (Fsp3) is 0.286. The van der Waals surface area contributed by atoms with E-state index < -0.39 is 15.8 Å².